The summed E-state index contributed by atoms with van der Waals surface area (Å²) < 4.78 is 15.9. The van der Waals surface area contributed by atoms with Crippen LogP contribution in [0.5, 0.6) is 0 Å². The molecule has 0 unspecified atom stereocenters. The number of nitrogens with one attached hydrogen (secondary N) is 2. The first kappa shape index (κ1) is 20.0. The van der Waals surface area contributed by atoms with E-state index in [1.807, 2.05) is 27.3 Å². The minimum Gasteiger partial charge on any atom is -0.480 e. The lowest BCUT2D eigenvalue weighted by Crippen LogP contribution is -2.48. The number of carboxylic acid groups (broad SMARTS) is 1. The summed E-state index contributed by atoms with van der Waals surface area (Å²) in [6.07, 6.45) is 2.30. The number of piperazine rings is 1. The summed E-state index contributed by atoms with van der Waals surface area (Å²) >= 11 is 1.61. The van der Waals surface area contributed by atoms with Gasteiger partial charge >= 0.3 is 5.97 Å². The maximum absolute atomic E-state index is 14.9. The molecule has 0 radical (unpaired) electrons. The molecule has 1 aromatic carbocycles. The summed E-state index contributed by atoms with van der Waals surface area (Å²) in [5.74, 6) is 0.0860. The number of thiophene rings is 1. The van der Waals surface area contributed by atoms with E-state index in [4.69, 9.17) is 5.11 Å². The van der Waals surface area contributed by atoms with Crippen molar-refractivity contribution < 1.29 is 14.3 Å². The standard InChI is InChI=1S/C21H23FN6O2S/c22-15-11-14(3-4-17(15)28-8-6-27(7-9-28)12-18(29)30)24-21-25-16-5-10-31-19(16)20(26-21)23-13-1-2-13/h3-5,10-11,13H,1-2,6-9,12H2,(H,29,30)(H2,23,24,25,26). The molecule has 1 saturated heterocycles. The number of aromatic nitrogens is 2. The molecule has 0 bridgehead atoms. The number of carbonyl (C=O) groups is 1. The lowest BCUT2D eigenvalue weighted by molar-refractivity contribution is -0.138. The largest absolute Gasteiger partial charge is 0.480 e. The van der Waals surface area contributed by atoms with Crippen LogP contribution in [-0.2, 0) is 4.79 Å². The number of hydrogen-bond donors (Lipinski definition) is 3. The minimum atomic E-state index is -0.839. The zero-order valence-corrected chi connectivity index (χ0v) is 17.7. The maximum atomic E-state index is 14.9. The smallest absolute Gasteiger partial charge is 0.317 e. The second-order valence-electron chi connectivity index (χ2n) is 7.90. The molecule has 162 valence electrons. The van der Waals surface area contributed by atoms with Gasteiger partial charge in [-0.2, -0.15) is 4.98 Å². The van der Waals surface area contributed by atoms with Crippen molar-refractivity contribution in [2.75, 3.05) is 48.3 Å². The molecule has 2 aromatic heterocycles. The van der Waals surface area contributed by atoms with Crippen molar-refractivity contribution in [2.24, 2.45) is 0 Å². The summed E-state index contributed by atoms with van der Waals surface area (Å²) in [7, 11) is 0. The Morgan fingerprint density at radius 1 is 1.19 bits per heavy atom. The van der Waals surface area contributed by atoms with Gasteiger partial charge < -0.3 is 20.6 Å². The number of fused-ring (bicyclic) bond motifs is 1. The van der Waals surface area contributed by atoms with Gasteiger partial charge in [0.2, 0.25) is 5.95 Å². The average Bonchev–Trinajstić information content (AvgIpc) is 3.42. The lowest BCUT2D eigenvalue weighted by Gasteiger charge is -2.35. The minimum absolute atomic E-state index is 0.0191. The van der Waals surface area contributed by atoms with E-state index in [1.165, 1.54) is 6.07 Å². The summed E-state index contributed by atoms with van der Waals surface area (Å²) in [5, 5.41) is 17.5. The summed E-state index contributed by atoms with van der Waals surface area (Å²) in [4.78, 5) is 23.8. The molecule has 2 fully saturated rings. The van der Waals surface area contributed by atoms with Crippen molar-refractivity contribution in [3.63, 3.8) is 0 Å². The zero-order valence-electron chi connectivity index (χ0n) is 16.8. The van der Waals surface area contributed by atoms with Gasteiger partial charge in [0, 0.05) is 37.9 Å². The number of hydrogen-bond acceptors (Lipinski definition) is 8. The molecular formula is C21H23FN6O2S. The second-order valence-corrected chi connectivity index (χ2v) is 8.81. The Kier molecular flexibility index (Phi) is 5.33. The highest BCUT2D eigenvalue weighted by atomic mass is 32.1. The first-order valence-corrected chi connectivity index (χ1v) is 11.2. The van der Waals surface area contributed by atoms with Gasteiger partial charge in [0.25, 0.3) is 0 Å². The molecule has 3 heterocycles. The van der Waals surface area contributed by atoms with Crippen LogP contribution in [0.4, 0.5) is 27.5 Å². The van der Waals surface area contributed by atoms with E-state index in [1.54, 1.807) is 17.4 Å². The molecule has 3 aromatic rings. The molecule has 1 saturated carbocycles. The van der Waals surface area contributed by atoms with Gasteiger partial charge in [-0.3, -0.25) is 9.69 Å². The van der Waals surface area contributed by atoms with Crippen LogP contribution < -0.4 is 15.5 Å². The van der Waals surface area contributed by atoms with E-state index in [9.17, 15) is 9.18 Å². The van der Waals surface area contributed by atoms with Crippen molar-refractivity contribution in [1.29, 1.82) is 0 Å². The molecule has 1 aliphatic carbocycles. The van der Waals surface area contributed by atoms with Gasteiger partial charge in [-0.15, -0.1) is 11.3 Å². The summed E-state index contributed by atoms with van der Waals surface area (Å²) in [6, 6.07) is 7.45. The third kappa shape index (κ3) is 4.54. The summed E-state index contributed by atoms with van der Waals surface area (Å²) in [5.41, 5.74) is 1.96. The first-order chi connectivity index (χ1) is 15.0. The van der Waals surface area contributed by atoms with E-state index in [0.29, 0.717) is 49.5 Å². The van der Waals surface area contributed by atoms with Gasteiger partial charge in [0.1, 0.15) is 11.6 Å². The predicted octanol–water partition coefficient (Wildman–Crippen LogP) is 3.35. The first-order valence-electron chi connectivity index (χ1n) is 10.3. The van der Waals surface area contributed by atoms with Crippen LogP contribution in [0.2, 0.25) is 0 Å². The van der Waals surface area contributed by atoms with Crippen molar-refractivity contribution in [3.8, 4) is 0 Å². The van der Waals surface area contributed by atoms with Crippen LogP contribution in [0, 0.1) is 5.82 Å². The molecule has 10 heteroatoms. The van der Waals surface area contributed by atoms with E-state index in [0.717, 1.165) is 28.9 Å². The van der Waals surface area contributed by atoms with Gasteiger partial charge in [-0.25, -0.2) is 9.37 Å². The number of aliphatic carboxylic acids is 1. The van der Waals surface area contributed by atoms with Crippen LogP contribution >= 0.6 is 11.3 Å². The highest BCUT2D eigenvalue weighted by molar-refractivity contribution is 7.17. The predicted molar refractivity (Wildman–Crippen MR) is 120 cm³/mol. The molecule has 31 heavy (non-hydrogen) atoms. The fourth-order valence-corrected chi connectivity index (χ4v) is 4.53. The van der Waals surface area contributed by atoms with Gasteiger partial charge in [0.15, 0.2) is 0 Å². The van der Waals surface area contributed by atoms with Crippen molar-refractivity contribution >= 4 is 50.7 Å². The lowest BCUT2D eigenvalue weighted by atomic mass is 10.2. The molecule has 1 aliphatic heterocycles. The molecule has 3 N–H and O–H groups in total. The van der Waals surface area contributed by atoms with Gasteiger partial charge in [0.05, 0.1) is 22.4 Å². The van der Waals surface area contributed by atoms with Crippen molar-refractivity contribution in [2.45, 2.75) is 18.9 Å². The highest BCUT2D eigenvalue weighted by Crippen LogP contribution is 2.33. The molecule has 5 rings (SSSR count). The van der Waals surface area contributed by atoms with E-state index >= 15 is 0 Å². The van der Waals surface area contributed by atoms with Crippen LogP contribution in [0.15, 0.2) is 29.6 Å². The molecule has 8 nitrogen and oxygen atoms in total. The highest BCUT2D eigenvalue weighted by Gasteiger charge is 2.24. The van der Waals surface area contributed by atoms with E-state index < -0.39 is 5.97 Å². The molecule has 0 atom stereocenters. The molecule has 0 spiro atoms. The number of carboxylic acids is 1. The number of anilines is 4. The normalized spacial score (nSPS) is 17.1. The Morgan fingerprint density at radius 2 is 2.00 bits per heavy atom. The third-order valence-electron chi connectivity index (χ3n) is 5.50. The zero-order chi connectivity index (χ0) is 21.4. The topological polar surface area (TPSA) is 93.6 Å². The van der Waals surface area contributed by atoms with Crippen LogP contribution in [0.3, 0.4) is 0 Å². The van der Waals surface area contributed by atoms with Crippen molar-refractivity contribution in [3.05, 3.63) is 35.5 Å². The Bertz CT molecular complexity index is 1110. The Hall–Kier alpha value is -2.98. The maximum Gasteiger partial charge on any atom is 0.317 e. The second kappa shape index (κ2) is 8.27. The molecule has 2 aliphatic rings. The number of benzene rings is 1. The monoisotopic (exact) mass is 442 g/mol. The van der Waals surface area contributed by atoms with Crippen LogP contribution in [0.1, 0.15) is 12.8 Å². The van der Waals surface area contributed by atoms with E-state index in [2.05, 4.69) is 20.6 Å². The van der Waals surface area contributed by atoms with Crippen LogP contribution in [0.25, 0.3) is 10.2 Å². The Morgan fingerprint density at radius 3 is 2.71 bits per heavy atom. The molecular weight excluding hydrogens is 419 g/mol. The summed E-state index contributed by atoms with van der Waals surface area (Å²) in [6.45, 7) is 2.38. The fraction of sp³-hybridized carbons (Fsp3) is 0.381. The third-order valence-corrected chi connectivity index (χ3v) is 6.41. The van der Waals surface area contributed by atoms with E-state index in [-0.39, 0.29) is 12.4 Å². The Balaban J connectivity index is 1.30. The fourth-order valence-electron chi connectivity index (χ4n) is 3.75. The quantitative estimate of drug-likeness (QED) is 0.513. The number of halogens is 1. The molecule has 0 amide bonds. The van der Waals surface area contributed by atoms with Gasteiger partial charge in [-0.05, 0) is 42.5 Å². The number of rotatable bonds is 7. The van der Waals surface area contributed by atoms with Gasteiger partial charge in [-0.1, -0.05) is 0 Å². The Labute approximate surface area is 182 Å². The SMILES string of the molecule is O=C(O)CN1CCN(c2ccc(Nc3nc(NC4CC4)c4sccc4n3)cc2F)CC1. The van der Waals surface area contributed by atoms with Crippen LogP contribution in [-0.4, -0.2) is 64.7 Å². The number of nitrogens with zero attached hydrogens (tertiary/aromatic N) is 4. The average molecular weight is 443 g/mol. The van der Waals surface area contributed by atoms with Crippen molar-refractivity contribution in [1.82, 2.24) is 14.9 Å².